The van der Waals surface area contributed by atoms with Crippen LogP contribution in [-0.4, -0.2) is 19.6 Å². The third-order valence-corrected chi connectivity index (χ3v) is 3.41. The second-order valence-electron chi connectivity index (χ2n) is 4.57. The number of hydrogen-bond donors (Lipinski definition) is 2. The van der Waals surface area contributed by atoms with Gasteiger partial charge in [0.1, 0.15) is 0 Å². The van der Waals surface area contributed by atoms with Crippen LogP contribution in [0.4, 0.5) is 5.69 Å². The van der Waals surface area contributed by atoms with Crippen LogP contribution in [0.2, 0.25) is 5.02 Å². The van der Waals surface area contributed by atoms with Crippen LogP contribution in [0, 0.1) is 0 Å². The molecule has 0 spiro atoms. The molecule has 0 fully saturated rings. The van der Waals surface area contributed by atoms with Crippen LogP contribution >= 0.6 is 11.6 Å². The molecule has 110 valence electrons. The molecular formula is C16H17ClN2O2. The Morgan fingerprint density at radius 3 is 2.62 bits per heavy atom. The quantitative estimate of drug-likeness (QED) is 0.658. The number of nitrogens with one attached hydrogen (secondary N) is 1. The normalized spacial score (nSPS) is 11.9. The highest BCUT2D eigenvalue weighted by molar-refractivity contribution is 6.30. The minimum atomic E-state index is -0.330. The van der Waals surface area contributed by atoms with Crippen molar-refractivity contribution in [2.75, 3.05) is 19.4 Å². The number of carbonyl (C=O) groups excluding carboxylic acids is 1. The predicted molar refractivity (Wildman–Crippen MR) is 84.2 cm³/mol. The monoisotopic (exact) mass is 304 g/mol. The number of nitrogen functional groups attached to an aromatic ring is 1. The maximum atomic E-state index is 11.4. The van der Waals surface area contributed by atoms with E-state index in [0.717, 1.165) is 11.1 Å². The van der Waals surface area contributed by atoms with Crippen molar-refractivity contribution in [2.45, 2.75) is 6.04 Å². The molecule has 0 radical (unpaired) electrons. The van der Waals surface area contributed by atoms with Crippen LogP contribution < -0.4 is 11.1 Å². The van der Waals surface area contributed by atoms with Gasteiger partial charge in [-0.25, -0.2) is 0 Å². The summed E-state index contributed by atoms with van der Waals surface area (Å²) in [6, 6.07) is 14.9. The number of halogens is 1. The Labute approximate surface area is 128 Å². The summed E-state index contributed by atoms with van der Waals surface area (Å²) in [5.74, 6) is -0.330. The number of anilines is 1. The summed E-state index contributed by atoms with van der Waals surface area (Å²) in [4.78, 5) is 11.4. The van der Waals surface area contributed by atoms with Gasteiger partial charge in [0.05, 0.1) is 19.7 Å². The minimum Gasteiger partial charge on any atom is -0.468 e. The summed E-state index contributed by atoms with van der Waals surface area (Å²) < 4.78 is 4.67. The average molecular weight is 305 g/mol. The van der Waals surface area contributed by atoms with Gasteiger partial charge in [-0.15, -0.1) is 0 Å². The van der Waals surface area contributed by atoms with Crippen molar-refractivity contribution >= 4 is 23.3 Å². The minimum absolute atomic E-state index is 0.0954. The third kappa shape index (κ3) is 3.97. The first kappa shape index (κ1) is 15.4. The van der Waals surface area contributed by atoms with E-state index in [1.54, 1.807) is 12.1 Å². The zero-order chi connectivity index (χ0) is 15.2. The molecule has 0 bridgehead atoms. The predicted octanol–water partition coefficient (Wildman–Crippen LogP) is 2.77. The zero-order valence-electron chi connectivity index (χ0n) is 11.7. The van der Waals surface area contributed by atoms with Gasteiger partial charge in [-0.3, -0.25) is 10.1 Å². The molecule has 1 atom stereocenters. The molecule has 2 aromatic rings. The largest absolute Gasteiger partial charge is 0.468 e. The number of rotatable bonds is 5. The van der Waals surface area contributed by atoms with Gasteiger partial charge in [-0.2, -0.15) is 0 Å². The highest BCUT2D eigenvalue weighted by Crippen LogP contribution is 2.28. The molecule has 0 amide bonds. The van der Waals surface area contributed by atoms with E-state index in [9.17, 15) is 4.79 Å². The molecule has 0 aliphatic rings. The van der Waals surface area contributed by atoms with Gasteiger partial charge in [0.25, 0.3) is 0 Å². The molecule has 21 heavy (non-hydrogen) atoms. The smallest absolute Gasteiger partial charge is 0.319 e. The average Bonchev–Trinajstić information content (AvgIpc) is 2.50. The first-order valence-electron chi connectivity index (χ1n) is 6.52. The molecule has 0 heterocycles. The summed E-state index contributed by atoms with van der Waals surface area (Å²) in [5.41, 5.74) is 8.51. The summed E-state index contributed by atoms with van der Waals surface area (Å²) in [6.45, 7) is 0.0954. The van der Waals surface area contributed by atoms with Gasteiger partial charge in [0.15, 0.2) is 0 Å². The maximum absolute atomic E-state index is 11.4. The van der Waals surface area contributed by atoms with Crippen molar-refractivity contribution in [3.8, 4) is 0 Å². The van der Waals surface area contributed by atoms with Crippen molar-refractivity contribution in [1.82, 2.24) is 5.32 Å². The van der Waals surface area contributed by atoms with Crippen molar-refractivity contribution in [3.63, 3.8) is 0 Å². The molecule has 0 aliphatic carbocycles. The number of methoxy groups -OCH3 is 1. The Kier molecular flexibility index (Phi) is 5.20. The van der Waals surface area contributed by atoms with Gasteiger partial charge in [0.2, 0.25) is 0 Å². The maximum Gasteiger partial charge on any atom is 0.319 e. The van der Waals surface area contributed by atoms with Crippen molar-refractivity contribution < 1.29 is 9.53 Å². The highest BCUT2D eigenvalue weighted by atomic mass is 35.5. The van der Waals surface area contributed by atoms with Crippen LogP contribution in [0.3, 0.4) is 0 Å². The second-order valence-corrected chi connectivity index (χ2v) is 5.01. The van der Waals surface area contributed by atoms with Crippen LogP contribution in [0.5, 0.6) is 0 Å². The molecule has 2 rings (SSSR count). The van der Waals surface area contributed by atoms with Crippen LogP contribution in [0.1, 0.15) is 17.2 Å². The highest BCUT2D eigenvalue weighted by Gasteiger charge is 2.17. The molecule has 0 saturated heterocycles. The SMILES string of the molecule is COC(=O)CN[C@H](c1ccccc1)c1ccc(Cl)cc1N. The van der Waals surface area contributed by atoms with E-state index in [1.165, 1.54) is 7.11 Å². The molecule has 0 aromatic heterocycles. The number of carbonyl (C=O) groups is 1. The lowest BCUT2D eigenvalue weighted by Crippen LogP contribution is -2.29. The van der Waals surface area contributed by atoms with Crippen LogP contribution in [0.15, 0.2) is 48.5 Å². The number of benzene rings is 2. The van der Waals surface area contributed by atoms with E-state index >= 15 is 0 Å². The number of nitrogens with two attached hydrogens (primary N) is 1. The summed E-state index contributed by atoms with van der Waals surface area (Å²) in [6.07, 6.45) is 0. The van der Waals surface area contributed by atoms with Crippen molar-refractivity contribution in [3.05, 3.63) is 64.7 Å². The fourth-order valence-electron chi connectivity index (χ4n) is 2.12. The van der Waals surface area contributed by atoms with Gasteiger partial charge in [-0.05, 0) is 23.3 Å². The van der Waals surface area contributed by atoms with Gasteiger partial charge < -0.3 is 10.5 Å². The Morgan fingerprint density at radius 1 is 1.29 bits per heavy atom. The molecule has 3 N–H and O–H groups in total. The van der Waals surface area contributed by atoms with E-state index < -0.39 is 0 Å². The molecule has 2 aromatic carbocycles. The summed E-state index contributed by atoms with van der Waals surface area (Å²) in [7, 11) is 1.36. The Bertz CT molecular complexity index is 617. The summed E-state index contributed by atoms with van der Waals surface area (Å²) in [5, 5.41) is 3.75. The van der Waals surface area contributed by atoms with Gasteiger partial charge >= 0.3 is 5.97 Å². The Morgan fingerprint density at radius 2 is 2.00 bits per heavy atom. The van der Waals surface area contributed by atoms with Crippen LogP contribution in [0.25, 0.3) is 0 Å². The molecular weight excluding hydrogens is 288 g/mol. The molecule has 0 aliphatic heterocycles. The van der Waals surface area contributed by atoms with Crippen LogP contribution in [-0.2, 0) is 9.53 Å². The fourth-order valence-corrected chi connectivity index (χ4v) is 2.30. The van der Waals surface area contributed by atoms with E-state index in [0.29, 0.717) is 10.7 Å². The third-order valence-electron chi connectivity index (χ3n) is 3.17. The van der Waals surface area contributed by atoms with E-state index in [4.69, 9.17) is 17.3 Å². The van der Waals surface area contributed by atoms with Gasteiger partial charge in [0, 0.05) is 10.7 Å². The lowest BCUT2D eigenvalue weighted by molar-refractivity contribution is -0.139. The van der Waals surface area contributed by atoms with Crippen molar-refractivity contribution in [2.24, 2.45) is 0 Å². The zero-order valence-corrected chi connectivity index (χ0v) is 12.4. The number of ether oxygens (including phenoxy) is 1. The summed E-state index contributed by atoms with van der Waals surface area (Å²) >= 11 is 5.94. The lowest BCUT2D eigenvalue weighted by atomic mass is 9.97. The van der Waals surface area contributed by atoms with E-state index in [2.05, 4.69) is 10.1 Å². The molecule has 0 unspecified atom stereocenters. The van der Waals surface area contributed by atoms with E-state index in [1.807, 2.05) is 36.4 Å². The fraction of sp³-hybridized carbons (Fsp3) is 0.188. The number of esters is 1. The standard InChI is InChI=1S/C16H17ClN2O2/c1-21-15(20)10-19-16(11-5-3-2-4-6-11)13-8-7-12(17)9-14(13)18/h2-9,16,19H,10,18H2,1H3/t16-/m1/s1. The molecule has 0 saturated carbocycles. The van der Waals surface area contributed by atoms with E-state index in [-0.39, 0.29) is 18.6 Å². The van der Waals surface area contributed by atoms with Gasteiger partial charge in [-0.1, -0.05) is 48.0 Å². The number of hydrogen-bond acceptors (Lipinski definition) is 4. The van der Waals surface area contributed by atoms with Crippen molar-refractivity contribution in [1.29, 1.82) is 0 Å². The Hall–Kier alpha value is -2.04. The second kappa shape index (κ2) is 7.11. The first-order valence-corrected chi connectivity index (χ1v) is 6.89. The first-order chi connectivity index (χ1) is 10.1. The topological polar surface area (TPSA) is 64.3 Å². The Balaban J connectivity index is 2.33. The lowest BCUT2D eigenvalue weighted by Gasteiger charge is -2.21. The molecule has 5 heteroatoms. The molecule has 4 nitrogen and oxygen atoms in total.